The maximum absolute atomic E-state index is 10.0. The average molecular weight is 219 g/mol. The lowest BCUT2D eigenvalue weighted by atomic mass is 10.0. The number of thiophene rings is 1. The second-order valence-electron chi connectivity index (χ2n) is 3.53. The Morgan fingerprint density at radius 1 is 1.47 bits per heavy atom. The molecule has 0 aromatic carbocycles. The van der Waals surface area contributed by atoms with Crippen molar-refractivity contribution in [1.29, 1.82) is 0 Å². The fraction of sp³-hybridized carbons (Fsp3) is 0.250. The van der Waals surface area contributed by atoms with Crippen LogP contribution in [0.4, 0.5) is 0 Å². The molecule has 2 nitrogen and oxygen atoms in total. The lowest BCUT2D eigenvalue weighted by Crippen LogP contribution is -2.04. The highest BCUT2D eigenvalue weighted by atomic mass is 32.1. The number of aryl methyl sites for hydroxylation is 1. The van der Waals surface area contributed by atoms with Crippen LogP contribution in [0.15, 0.2) is 35.2 Å². The second-order valence-corrected chi connectivity index (χ2v) is 4.31. The van der Waals surface area contributed by atoms with Gasteiger partial charge in [-0.25, -0.2) is 0 Å². The van der Waals surface area contributed by atoms with Crippen molar-refractivity contribution in [2.75, 3.05) is 0 Å². The molecule has 0 aliphatic carbocycles. The molecule has 0 bridgehead atoms. The summed E-state index contributed by atoms with van der Waals surface area (Å²) in [6, 6.07) is 5.83. The van der Waals surface area contributed by atoms with Crippen LogP contribution in [-0.2, 0) is 6.42 Å². The molecule has 0 aliphatic rings. The molecule has 0 spiro atoms. The maximum Gasteiger partial charge on any atom is 0.0848 e. The first kappa shape index (κ1) is 10.3. The number of rotatable bonds is 3. The minimum Gasteiger partial charge on any atom is -0.388 e. The largest absolute Gasteiger partial charge is 0.388 e. The molecular weight excluding hydrogens is 206 g/mol. The van der Waals surface area contributed by atoms with Crippen LogP contribution in [0, 0.1) is 6.92 Å². The minimum atomic E-state index is -0.451. The molecule has 3 heteroatoms. The molecule has 2 rings (SSSR count). The van der Waals surface area contributed by atoms with Gasteiger partial charge in [0, 0.05) is 23.9 Å². The summed E-state index contributed by atoms with van der Waals surface area (Å²) in [5, 5.41) is 14.1. The molecule has 15 heavy (non-hydrogen) atoms. The van der Waals surface area contributed by atoms with Crippen LogP contribution in [0.3, 0.4) is 0 Å². The number of aromatic nitrogens is 1. The molecular formula is C12H13NOS. The molecule has 0 saturated carbocycles. The number of nitrogens with zero attached hydrogens (tertiary/aromatic N) is 1. The third-order valence-electron chi connectivity index (χ3n) is 2.42. The van der Waals surface area contributed by atoms with Crippen molar-refractivity contribution in [2.45, 2.75) is 19.4 Å². The molecule has 1 atom stereocenters. The lowest BCUT2D eigenvalue weighted by molar-refractivity contribution is 0.177. The van der Waals surface area contributed by atoms with Crippen molar-refractivity contribution in [3.8, 4) is 0 Å². The van der Waals surface area contributed by atoms with Gasteiger partial charge in [-0.1, -0.05) is 6.07 Å². The van der Waals surface area contributed by atoms with Crippen molar-refractivity contribution >= 4 is 11.3 Å². The van der Waals surface area contributed by atoms with Gasteiger partial charge in [0.25, 0.3) is 0 Å². The Kier molecular flexibility index (Phi) is 3.14. The van der Waals surface area contributed by atoms with Crippen LogP contribution >= 0.6 is 11.3 Å². The number of hydrogen-bond donors (Lipinski definition) is 1. The van der Waals surface area contributed by atoms with Crippen molar-refractivity contribution in [2.24, 2.45) is 0 Å². The van der Waals surface area contributed by atoms with E-state index >= 15 is 0 Å². The standard InChI is InChI=1S/C12H13NOS/c1-9-11(3-2-5-13-9)12(14)7-10-4-6-15-8-10/h2-6,8,12,14H,7H2,1H3. The zero-order chi connectivity index (χ0) is 10.7. The third kappa shape index (κ3) is 2.43. The summed E-state index contributed by atoms with van der Waals surface area (Å²) in [5.41, 5.74) is 3.00. The quantitative estimate of drug-likeness (QED) is 0.861. The van der Waals surface area contributed by atoms with E-state index in [2.05, 4.69) is 10.4 Å². The van der Waals surface area contributed by atoms with E-state index in [4.69, 9.17) is 0 Å². The van der Waals surface area contributed by atoms with Gasteiger partial charge < -0.3 is 5.11 Å². The van der Waals surface area contributed by atoms with Crippen LogP contribution < -0.4 is 0 Å². The highest BCUT2D eigenvalue weighted by Gasteiger charge is 2.11. The molecule has 0 fully saturated rings. The number of aliphatic hydroxyl groups excluding tert-OH is 1. The molecule has 0 aliphatic heterocycles. The van der Waals surface area contributed by atoms with Crippen LogP contribution in [0.25, 0.3) is 0 Å². The molecule has 2 heterocycles. The summed E-state index contributed by atoms with van der Waals surface area (Å²) in [4.78, 5) is 4.17. The first-order valence-corrected chi connectivity index (χ1v) is 5.82. The molecule has 0 amide bonds. The molecule has 2 aromatic rings. The predicted octanol–water partition coefficient (Wildman–Crippen LogP) is 2.73. The van der Waals surface area contributed by atoms with Crippen molar-refractivity contribution in [1.82, 2.24) is 4.98 Å². The molecule has 1 N–H and O–H groups in total. The smallest absolute Gasteiger partial charge is 0.0848 e. The first-order valence-electron chi connectivity index (χ1n) is 4.88. The normalized spacial score (nSPS) is 12.7. The van der Waals surface area contributed by atoms with Gasteiger partial charge in [0.05, 0.1) is 6.10 Å². The van der Waals surface area contributed by atoms with Gasteiger partial charge in [-0.05, 0) is 35.4 Å². The maximum atomic E-state index is 10.0. The summed E-state index contributed by atoms with van der Waals surface area (Å²) in [5.74, 6) is 0. The van der Waals surface area contributed by atoms with E-state index in [9.17, 15) is 5.11 Å². The van der Waals surface area contributed by atoms with Gasteiger partial charge in [-0.3, -0.25) is 4.98 Å². The van der Waals surface area contributed by atoms with Gasteiger partial charge in [0.1, 0.15) is 0 Å². The summed E-state index contributed by atoms with van der Waals surface area (Å²) < 4.78 is 0. The second kappa shape index (κ2) is 4.55. The topological polar surface area (TPSA) is 33.1 Å². The van der Waals surface area contributed by atoms with Crippen LogP contribution in [-0.4, -0.2) is 10.1 Å². The molecule has 2 aromatic heterocycles. The van der Waals surface area contributed by atoms with Crippen LogP contribution in [0.1, 0.15) is 22.9 Å². The first-order chi connectivity index (χ1) is 7.27. The van der Waals surface area contributed by atoms with Gasteiger partial charge in [0.2, 0.25) is 0 Å². The Hall–Kier alpha value is -1.19. The average Bonchev–Trinajstić information content (AvgIpc) is 2.71. The Morgan fingerprint density at radius 3 is 3.00 bits per heavy atom. The highest BCUT2D eigenvalue weighted by Crippen LogP contribution is 2.21. The van der Waals surface area contributed by atoms with Crippen molar-refractivity contribution < 1.29 is 5.11 Å². The van der Waals surface area contributed by atoms with Crippen LogP contribution in [0.5, 0.6) is 0 Å². The molecule has 1 unspecified atom stereocenters. The zero-order valence-electron chi connectivity index (χ0n) is 8.55. The predicted molar refractivity (Wildman–Crippen MR) is 62.0 cm³/mol. The van der Waals surface area contributed by atoms with Gasteiger partial charge >= 0.3 is 0 Å². The van der Waals surface area contributed by atoms with E-state index < -0.39 is 6.10 Å². The lowest BCUT2D eigenvalue weighted by Gasteiger charge is -2.11. The third-order valence-corrected chi connectivity index (χ3v) is 3.15. The monoisotopic (exact) mass is 219 g/mol. The number of hydrogen-bond acceptors (Lipinski definition) is 3. The highest BCUT2D eigenvalue weighted by molar-refractivity contribution is 7.07. The Morgan fingerprint density at radius 2 is 2.33 bits per heavy atom. The van der Waals surface area contributed by atoms with E-state index in [1.807, 2.05) is 30.5 Å². The Labute approximate surface area is 93.2 Å². The van der Waals surface area contributed by atoms with Crippen molar-refractivity contribution in [3.05, 3.63) is 52.0 Å². The molecule has 0 radical (unpaired) electrons. The van der Waals surface area contributed by atoms with Gasteiger partial charge in [-0.2, -0.15) is 11.3 Å². The fourth-order valence-electron chi connectivity index (χ4n) is 1.59. The van der Waals surface area contributed by atoms with Gasteiger partial charge in [0.15, 0.2) is 0 Å². The molecule has 78 valence electrons. The number of aliphatic hydroxyl groups is 1. The Balaban J connectivity index is 2.15. The van der Waals surface area contributed by atoms with Crippen LogP contribution in [0.2, 0.25) is 0 Å². The van der Waals surface area contributed by atoms with E-state index in [1.165, 1.54) is 5.56 Å². The van der Waals surface area contributed by atoms with Crippen molar-refractivity contribution in [3.63, 3.8) is 0 Å². The minimum absolute atomic E-state index is 0.451. The fourth-order valence-corrected chi connectivity index (χ4v) is 2.27. The van der Waals surface area contributed by atoms with E-state index in [0.717, 1.165) is 11.3 Å². The zero-order valence-corrected chi connectivity index (χ0v) is 9.37. The summed E-state index contributed by atoms with van der Waals surface area (Å²) >= 11 is 1.65. The molecule has 0 saturated heterocycles. The SMILES string of the molecule is Cc1ncccc1C(O)Cc1ccsc1. The van der Waals surface area contributed by atoms with E-state index in [0.29, 0.717) is 6.42 Å². The van der Waals surface area contributed by atoms with E-state index in [1.54, 1.807) is 17.5 Å². The van der Waals surface area contributed by atoms with E-state index in [-0.39, 0.29) is 0 Å². The Bertz CT molecular complexity index is 425. The summed E-state index contributed by atoms with van der Waals surface area (Å²) in [7, 11) is 0. The van der Waals surface area contributed by atoms with Gasteiger partial charge in [-0.15, -0.1) is 0 Å². The summed E-state index contributed by atoms with van der Waals surface area (Å²) in [6.07, 6.45) is 1.96. The summed E-state index contributed by atoms with van der Waals surface area (Å²) in [6.45, 7) is 1.92. The number of pyridine rings is 1.